The lowest BCUT2D eigenvalue weighted by Crippen LogP contribution is -2.34. The lowest BCUT2D eigenvalue weighted by atomic mass is 9.75. The zero-order valence-corrected chi connectivity index (χ0v) is 18.4. The van der Waals surface area contributed by atoms with Crippen molar-refractivity contribution < 1.29 is 28.9 Å². The number of hydrogen-bond donors (Lipinski definition) is 2. The molecule has 0 radical (unpaired) electrons. The Morgan fingerprint density at radius 2 is 1.88 bits per heavy atom. The third kappa shape index (κ3) is 5.23. The molecule has 2 aromatic rings. The van der Waals surface area contributed by atoms with E-state index in [1.807, 2.05) is 24.3 Å². The largest absolute Gasteiger partial charge is 0.497 e. The van der Waals surface area contributed by atoms with Crippen molar-refractivity contribution in [3.63, 3.8) is 0 Å². The first-order valence-electron chi connectivity index (χ1n) is 11.4. The SMILES string of the molecule is COc1ccc(F)c([C@]2(O)CC[C@H](COc3cccc(C(CC(=O)O)C4CC4)c3)CC2)c1. The van der Waals surface area contributed by atoms with Crippen molar-refractivity contribution in [2.75, 3.05) is 13.7 Å². The van der Waals surface area contributed by atoms with Crippen LogP contribution in [0.25, 0.3) is 0 Å². The number of carboxylic acid groups (broad SMARTS) is 1. The zero-order valence-electron chi connectivity index (χ0n) is 18.4. The molecule has 1 unspecified atom stereocenters. The first-order valence-corrected chi connectivity index (χ1v) is 11.4. The molecule has 0 amide bonds. The van der Waals surface area contributed by atoms with Gasteiger partial charge >= 0.3 is 5.97 Å². The van der Waals surface area contributed by atoms with Crippen LogP contribution in [0.1, 0.15) is 62.0 Å². The van der Waals surface area contributed by atoms with Gasteiger partial charge in [0.25, 0.3) is 0 Å². The summed E-state index contributed by atoms with van der Waals surface area (Å²) in [5, 5.41) is 20.3. The van der Waals surface area contributed by atoms with Gasteiger partial charge in [-0.15, -0.1) is 0 Å². The number of ether oxygens (including phenoxy) is 2. The second kappa shape index (κ2) is 9.49. The summed E-state index contributed by atoms with van der Waals surface area (Å²) in [5.41, 5.74) is 0.135. The summed E-state index contributed by atoms with van der Waals surface area (Å²) in [7, 11) is 1.53. The fourth-order valence-electron chi connectivity index (χ4n) is 4.87. The summed E-state index contributed by atoms with van der Waals surface area (Å²) in [6.45, 7) is 0.521. The molecular formula is C26H31FO5. The van der Waals surface area contributed by atoms with E-state index in [2.05, 4.69) is 0 Å². The number of rotatable bonds is 9. The number of aliphatic hydroxyl groups is 1. The van der Waals surface area contributed by atoms with Gasteiger partial charge in [-0.3, -0.25) is 4.79 Å². The fourth-order valence-corrected chi connectivity index (χ4v) is 4.87. The summed E-state index contributed by atoms with van der Waals surface area (Å²) in [4.78, 5) is 11.3. The van der Waals surface area contributed by atoms with Crippen LogP contribution in [0.4, 0.5) is 4.39 Å². The van der Waals surface area contributed by atoms with E-state index < -0.39 is 17.4 Å². The van der Waals surface area contributed by atoms with E-state index in [9.17, 15) is 19.4 Å². The molecule has 2 aliphatic rings. The van der Waals surface area contributed by atoms with Gasteiger partial charge in [0.05, 0.1) is 25.7 Å². The van der Waals surface area contributed by atoms with Crippen LogP contribution in [0.5, 0.6) is 11.5 Å². The van der Waals surface area contributed by atoms with E-state index in [1.54, 1.807) is 12.1 Å². The second-order valence-corrected chi connectivity index (χ2v) is 9.25. The predicted octanol–water partition coefficient (Wildman–Crippen LogP) is 5.26. The highest BCUT2D eigenvalue weighted by atomic mass is 19.1. The second-order valence-electron chi connectivity index (χ2n) is 9.25. The highest BCUT2D eigenvalue weighted by Crippen LogP contribution is 2.45. The number of aliphatic carboxylic acids is 1. The fraction of sp³-hybridized carbons (Fsp3) is 0.500. The molecule has 0 bridgehead atoms. The van der Waals surface area contributed by atoms with Gasteiger partial charge in [-0.05, 0) is 92.2 Å². The van der Waals surface area contributed by atoms with Crippen LogP contribution in [0, 0.1) is 17.7 Å². The van der Waals surface area contributed by atoms with Gasteiger partial charge in [-0.2, -0.15) is 0 Å². The quantitative estimate of drug-likeness (QED) is 0.554. The maximum atomic E-state index is 14.4. The molecule has 6 heteroatoms. The van der Waals surface area contributed by atoms with E-state index in [4.69, 9.17) is 9.47 Å². The molecule has 32 heavy (non-hydrogen) atoms. The van der Waals surface area contributed by atoms with E-state index in [-0.39, 0.29) is 18.3 Å². The van der Waals surface area contributed by atoms with Gasteiger partial charge in [0.1, 0.15) is 17.3 Å². The molecular weight excluding hydrogens is 411 g/mol. The third-order valence-corrected chi connectivity index (χ3v) is 6.96. The number of hydrogen-bond acceptors (Lipinski definition) is 4. The van der Waals surface area contributed by atoms with Gasteiger partial charge in [-0.1, -0.05) is 12.1 Å². The van der Waals surface area contributed by atoms with E-state index in [1.165, 1.54) is 13.2 Å². The topological polar surface area (TPSA) is 76.0 Å². The molecule has 2 N–H and O–H groups in total. The predicted molar refractivity (Wildman–Crippen MR) is 118 cm³/mol. The molecule has 2 aromatic carbocycles. The van der Waals surface area contributed by atoms with Crippen molar-refractivity contribution in [1.29, 1.82) is 0 Å². The lowest BCUT2D eigenvalue weighted by molar-refractivity contribution is -0.137. The maximum Gasteiger partial charge on any atom is 0.303 e. The molecule has 2 aliphatic carbocycles. The molecule has 5 nitrogen and oxygen atoms in total. The maximum absolute atomic E-state index is 14.4. The van der Waals surface area contributed by atoms with Crippen LogP contribution in [0.3, 0.4) is 0 Å². The molecule has 0 spiro atoms. The Morgan fingerprint density at radius 3 is 2.53 bits per heavy atom. The highest BCUT2D eigenvalue weighted by molar-refractivity contribution is 5.68. The Labute approximate surface area is 188 Å². The molecule has 0 heterocycles. The molecule has 0 aromatic heterocycles. The molecule has 2 saturated carbocycles. The molecule has 2 fully saturated rings. The number of carboxylic acids is 1. The van der Waals surface area contributed by atoms with Crippen molar-refractivity contribution in [3.8, 4) is 11.5 Å². The average Bonchev–Trinajstić information content (AvgIpc) is 3.63. The number of benzene rings is 2. The van der Waals surface area contributed by atoms with Crippen LogP contribution in [-0.2, 0) is 10.4 Å². The number of carbonyl (C=O) groups is 1. The normalized spacial score (nSPS) is 24.0. The number of halogens is 1. The highest BCUT2D eigenvalue weighted by Gasteiger charge is 2.37. The van der Waals surface area contributed by atoms with Gasteiger partial charge in [-0.25, -0.2) is 4.39 Å². The van der Waals surface area contributed by atoms with E-state index in [0.29, 0.717) is 36.7 Å². The Morgan fingerprint density at radius 1 is 1.12 bits per heavy atom. The number of methoxy groups -OCH3 is 1. The molecule has 4 rings (SSSR count). The minimum Gasteiger partial charge on any atom is -0.497 e. The minimum atomic E-state index is -1.19. The van der Waals surface area contributed by atoms with Crippen molar-refractivity contribution in [2.45, 2.75) is 56.5 Å². The standard InChI is InChI=1S/C26H31FO5/c1-31-20-7-8-24(27)23(14-20)26(30)11-9-17(10-12-26)16-32-21-4-2-3-19(13-21)22(15-25(28)29)18-5-6-18/h2-4,7-8,13-14,17-18,22,30H,5-6,9-12,15-16H2,1H3,(H,28,29)/t17-,22?,26-. The van der Waals surface area contributed by atoms with Gasteiger partial charge < -0.3 is 19.7 Å². The zero-order chi connectivity index (χ0) is 22.7. The average molecular weight is 443 g/mol. The van der Waals surface area contributed by atoms with E-state index >= 15 is 0 Å². The van der Waals surface area contributed by atoms with Crippen LogP contribution in [-0.4, -0.2) is 29.9 Å². The van der Waals surface area contributed by atoms with Crippen molar-refractivity contribution in [3.05, 3.63) is 59.4 Å². The minimum absolute atomic E-state index is 0.0403. The molecule has 0 aliphatic heterocycles. The Hall–Kier alpha value is -2.60. The van der Waals surface area contributed by atoms with Crippen LogP contribution in [0.2, 0.25) is 0 Å². The van der Waals surface area contributed by atoms with Gasteiger partial charge in [0.2, 0.25) is 0 Å². The van der Waals surface area contributed by atoms with Gasteiger partial charge in [0.15, 0.2) is 0 Å². The van der Waals surface area contributed by atoms with Gasteiger partial charge in [0, 0.05) is 5.56 Å². The summed E-state index contributed by atoms with van der Waals surface area (Å²) in [6, 6.07) is 12.3. The Bertz CT molecular complexity index is 947. The summed E-state index contributed by atoms with van der Waals surface area (Å²) in [5.74, 6) is 0.867. The van der Waals surface area contributed by atoms with Crippen LogP contribution in [0.15, 0.2) is 42.5 Å². The smallest absolute Gasteiger partial charge is 0.303 e. The Balaban J connectivity index is 1.35. The first kappa shape index (κ1) is 22.6. The summed E-state index contributed by atoms with van der Waals surface area (Å²) < 4.78 is 25.6. The van der Waals surface area contributed by atoms with Crippen molar-refractivity contribution in [1.82, 2.24) is 0 Å². The van der Waals surface area contributed by atoms with Crippen molar-refractivity contribution >= 4 is 5.97 Å². The van der Waals surface area contributed by atoms with Crippen LogP contribution >= 0.6 is 0 Å². The first-order chi connectivity index (χ1) is 15.4. The Kier molecular flexibility index (Phi) is 6.70. The van der Waals surface area contributed by atoms with E-state index in [0.717, 1.165) is 37.0 Å². The summed E-state index contributed by atoms with van der Waals surface area (Å²) >= 11 is 0. The lowest BCUT2D eigenvalue weighted by Gasteiger charge is -2.36. The molecule has 172 valence electrons. The molecule has 0 saturated heterocycles. The van der Waals surface area contributed by atoms with Crippen molar-refractivity contribution in [2.24, 2.45) is 11.8 Å². The van der Waals surface area contributed by atoms with Crippen LogP contribution < -0.4 is 9.47 Å². The monoisotopic (exact) mass is 442 g/mol. The summed E-state index contributed by atoms with van der Waals surface area (Å²) in [6.07, 6.45) is 4.72. The molecule has 1 atom stereocenters. The third-order valence-electron chi connectivity index (χ3n) is 6.96.